The first kappa shape index (κ1) is 112. The topological polar surface area (TPSA) is 375 Å². The Morgan fingerprint density at radius 2 is 0.391 bits per heavy atom. The summed E-state index contributed by atoms with van der Waals surface area (Å²) in [6.45, 7) is 9.10. The summed E-state index contributed by atoms with van der Waals surface area (Å²) in [7, 11) is -11.1. The number of benzene rings is 14. The first-order valence-corrected chi connectivity index (χ1v) is 46.1. The summed E-state index contributed by atoms with van der Waals surface area (Å²) in [5, 5.41) is 38.1. The van der Waals surface area contributed by atoms with E-state index in [4.69, 9.17) is 28.4 Å². The van der Waals surface area contributed by atoms with Crippen LogP contribution in [0.3, 0.4) is 0 Å². The third-order valence-corrected chi connectivity index (χ3v) is 28.2. The number of carbonyl (C=O) groups is 4. The maximum absolute atomic E-state index is 13.5. The molecule has 14 aromatic carbocycles. The predicted octanol–water partition coefficient (Wildman–Crippen LogP) is 18.6. The molecule has 133 heavy (non-hydrogen) atoms. The number of rotatable bonds is 24. The Morgan fingerprint density at radius 1 is 0.188 bits per heavy atom. The zero-order valence-electron chi connectivity index (χ0n) is 72.6. The predicted molar refractivity (Wildman–Crippen MR) is 488 cm³/mol. The van der Waals surface area contributed by atoms with Gasteiger partial charge in [-0.2, -0.15) is 0 Å². The number of ketones is 4. The standard InChI is InChI=1S/C29H22O5.C26H22O8S3.C15H16O4S.C15H14O3.C14H14O4S.CH4.4W/c1-18-3-5-19(6-4-18)27(31)22-15-23(28(32)20-7-11-25(30)12-8-20)17-24(16-22)29(33)21-9-13-26(34-2)14-10-21;1-18-3-9-21(10-4-18)35(28,29)24-15-25(36(30,31)22-11-5-19(27)6-12-22)17-26(16-24)37(32,33)23-13-7-20(34-2)8-14-23;1-11-8-13(19-3)10-15(9-11)20(16,17)14-6-4-12(18-2)5-7-14;1-10-7-12(9-13(16)8-10)15(17)11-3-5-14(18-2)6-4-11;1-10-7-11(15)9-14(8-10)19(16,17)13-5-3-12(18-2)4-6-13;;;;;/h3-17,30H,1-2H3;3-17,27H,1-2H3;4-10H,1-3H3;3-9,16H,1-2H3;3-9,15H,1-2H3;1H4;;;;. The normalized spacial score (nSPS) is 10.8. The minimum Gasteiger partial charge on any atom is -0.508 e. The van der Waals surface area contributed by atoms with E-state index in [2.05, 4.69) is 0 Å². The van der Waals surface area contributed by atoms with Crippen LogP contribution in [0, 0.1) is 34.6 Å². The second kappa shape index (κ2) is 49.3. The molecule has 0 aromatic heterocycles. The molecule has 0 aliphatic heterocycles. The molecule has 0 radical (unpaired) electrons. The van der Waals surface area contributed by atoms with Crippen LogP contribution < -0.4 is 28.4 Å². The summed E-state index contributed by atoms with van der Waals surface area (Å²) >= 11 is 0. The number of methoxy groups -OCH3 is 6. The summed E-state index contributed by atoms with van der Waals surface area (Å²) in [5.41, 5.74) is 7.13. The molecule has 0 aliphatic carbocycles. The Bertz CT molecular complexity index is 6810. The van der Waals surface area contributed by atoms with Crippen LogP contribution in [0.15, 0.2) is 358 Å². The summed E-state index contributed by atoms with van der Waals surface area (Å²) < 4.78 is 161. The van der Waals surface area contributed by atoms with E-state index in [1.54, 1.807) is 142 Å². The minimum atomic E-state index is -4.36. The maximum atomic E-state index is 13.5. The van der Waals surface area contributed by atoms with Gasteiger partial charge in [0.1, 0.15) is 57.5 Å². The zero-order chi connectivity index (χ0) is 93.2. The Labute approximate surface area is 831 Å². The van der Waals surface area contributed by atoms with E-state index >= 15 is 0 Å². The Hall–Kier alpha value is -11.7. The van der Waals surface area contributed by atoms with Crippen molar-refractivity contribution >= 4 is 72.3 Å². The Kier molecular flexibility index (Phi) is 41.4. The average molecular weight is 2570 g/mol. The van der Waals surface area contributed by atoms with Crippen molar-refractivity contribution in [3.8, 4) is 57.5 Å². The van der Waals surface area contributed by atoms with Gasteiger partial charge in [-0.05, 0) is 324 Å². The van der Waals surface area contributed by atoms with Crippen molar-refractivity contribution in [1.29, 1.82) is 0 Å². The van der Waals surface area contributed by atoms with Crippen LogP contribution >= 0.6 is 0 Å². The average Bonchev–Trinajstić information content (AvgIpc) is 0.750. The van der Waals surface area contributed by atoms with E-state index in [1.165, 1.54) is 169 Å². The van der Waals surface area contributed by atoms with Crippen molar-refractivity contribution in [3.63, 3.8) is 0 Å². The van der Waals surface area contributed by atoms with E-state index in [9.17, 15) is 81.7 Å². The molecule has 0 fully saturated rings. The van der Waals surface area contributed by atoms with Gasteiger partial charge in [0.2, 0.25) is 49.2 Å². The molecular formula is C100H92O24S5W4. The van der Waals surface area contributed by atoms with Crippen molar-refractivity contribution in [2.75, 3.05) is 42.7 Å². The van der Waals surface area contributed by atoms with Crippen molar-refractivity contribution in [2.45, 2.75) is 91.0 Å². The molecule has 24 nitrogen and oxygen atoms in total. The SMILES string of the molecule is C.COc1ccc(C(=O)c2cc(C(=O)c3ccc(C)cc3)cc(C(=O)c3ccc(O)cc3)c2)cc1.COc1ccc(C(=O)c2cc(C)cc(O)c2)cc1.COc1ccc(S(=O)(=O)c2cc(C)cc(O)c2)cc1.COc1ccc(S(=O)(=O)c2cc(C)cc(OC)c2)cc1.COc1ccc(S(=O)(=O)c2cc(S(=O)(=O)c3ccc(C)cc3)cc(S(=O)(=O)c3ccc(O)cc3)c2)cc1.[W].[W].[W].[W]. The number of phenolic OH excluding ortho intramolecular Hbond substituents is 4. The molecule has 14 aromatic rings. The largest absolute Gasteiger partial charge is 0.508 e. The molecule has 0 spiro atoms. The van der Waals surface area contributed by atoms with Crippen molar-refractivity contribution in [1.82, 2.24) is 0 Å². The summed E-state index contributed by atoms with van der Waals surface area (Å²) in [6.07, 6.45) is 0. The van der Waals surface area contributed by atoms with Crippen LogP contribution in [-0.2, 0) is 133 Å². The smallest absolute Gasteiger partial charge is 0.206 e. The van der Waals surface area contributed by atoms with Gasteiger partial charge < -0.3 is 48.8 Å². The van der Waals surface area contributed by atoms with Crippen LogP contribution in [0.1, 0.15) is 98.9 Å². The summed E-state index contributed by atoms with van der Waals surface area (Å²) in [4.78, 5) is 50.5. The summed E-state index contributed by atoms with van der Waals surface area (Å²) in [6, 6.07) is 76.2. The number of carbonyl (C=O) groups excluding carboxylic acids is 4. The van der Waals surface area contributed by atoms with Gasteiger partial charge in [0, 0.05) is 129 Å². The molecule has 0 saturated heterocycles. The molecule has 0 heterocycles. The van der Waals surface area contributed by atoms with Gasteiger partial charge in [-0.15, -0.1) is 0 Å². The molecule has 0 atom stereocenters. The quantitative estimate of drug-likeness (QED) is 0.0408. The monoisotopic (exact) mass is 2570 g/mol. The van der Waals surface area contributed by atoms with E-state index in [0.717, 1.165) is 64.7 Å². The van der Waals surface area contributed by atoms with Crippen LogP contribution in [0.4, 0.5) is 0 Å². The maximum Gasteiger partial charge on any atom is 0.206 e. The number of ether oxygens (including phenoxy) is 6. The summed E-state index contributed by atoms with van der Waals surface area (Å²) in [5.74, 6) is 2.29. The third kappa shape index (κ3) is 28.7. The fourth-order valence-electron chi connectivity index (χ4n) is 12.6. The Morgan fingerprint density at radius 3 is 0.669 bits per heavy atom. The number of phenols is 4. The molecule has 0 aliphatic rings. The third-order valence-electron chi connectivity index (χ3n) is 19.5. The van der Waals surface area contributed by atoms with E-state index in [1.807, 2.05) is 32.9 Å². The molecule has 0 bridgehead atoms. The van der Waals surface area contributed by atoms with E-state index in [0.29, 0.717) is 67.9 Å². The number of aromatic hydroxyl groups is 4. The van der Waals surface area contributed by atoms with Gasteiger partial charge in [-0.25, -0.2) is 42.1 Å². The number of hydrogen-bond acceptors (Lipinski definition) is 24. The van der Waals surface area contributed by atoms with Crippen LogP contribution in [-0.4, -0.2) is 128 Å². The zero-order valence-corrected chi connectivity index (χ0v) is 88.4. The molecule has 33 heteroatoms. The van der Waals surface area contributed by atoms with Gasteiger partial charge in [0.05, 0.1) is 91.6 Å². The van der Waals surface area contributed by atoms with Crippen molar-refractivity contribution < 1.29 is 194 Å². The molecule has 4 N–H and O–H groups in total. The van der Waals surface area contributed by atoms with Crippen molar-refractivity contribution in [3.05, 3.63) is 382 Å². The minimum absolute atomic E-state index is 0. The van der Waals surface area contributed by atoms with Crippen molar-refractivity contribution in [2.24, 2.45) is 0 Å². The van der Waals surface area contributed by atoms with Gasteiger partial charge in [-0.3, -0.25) is 19.2 Å². The number of aryl methyl sites for hydroxylation is 5. The van der Waals surface area contributed by atoms with Crippen LogP contribution in [0.25, 0.3) is 0 Å². The van der Waals surface area contributed by atoms with E-state index in [-0.39, 0.29) is 189 Å². The van der Waals surface area contributed by atoms with Gasteiger partial charge in [0.15, 0.2) is 23.1 Å². The van der Waals surface area contributed by atoms with Crippen LogP contribution in [0.5, 0.6) is 57.5 Å². The molecular weight excluding hydrogens is 2480 g/mol. The van der Waals surface area contributed by atoms with Gasteiger partial charge in [-0.1, -0.05) is 55.0 Å². The Balaban J connectivity index is 0.000000301. The second-order valence-electron chi connectivity index (χ2n) is 28.7. The number of hydrogen-bond donors (Lipinski definition) is 4. The first-order chi connectivity index (χ1) is 60.7. The van der Waals surface area contributed by atoms with Gasteiger partial charge in [0.25, 0.3) is 0 Å². The molecule has 0 amide bonds. The second-order valence-corrected chi connectivity index (χ2v) is 38.5. The molecule has 0 saturated carbocycles. The van der Waals surface area contributed by atoms with Crippen LogP contribution in [0.2, 0.25) is 0 Å². The van der Waals surface area contributed by atoms with E-state index < -0.39 is 63.9 Å². The molecule has 14 rings (SSSR count). The fraction of sp³-hybridized carbons (Fsp3) is 0.120. The molecule has 690 valence electrons. The molecule has 0 unspecified atom stereocenters. The number of sulfone groups is 5. The first-order valence-electron chi connectivity index (χ1n) is 38.6. The van der Waals surface area contributed by atoms with Gasteiger partial charge >= 0.3 is 0 Å². The fourth-order valence-corrected chi connectivity index (χ4v) is 19.5.